The van der Waals surface area contributed by atoms with E-state index < -0.39 is 0 Å². The van der Waals surface area contributed by atoms with Gasteiger partial charge < -0.3 is 4.74 Å². The first-order valence-electron chi connectivity index (χ1n) is 4.07. The Morgan fingerprint density at radius 3 is 2.56 bits per heavy atom. The molecule has 1 unspecified atom stereocenters. The second kappa shape index (κ2) is 2.30. The predicted molar refractivity (Wildman–Crippen MR) is 36.3 cm³/mol. The van der Waals surface area contributed by atoms with Crippen LogP contribution in [0.2, 0.25) is 0 Å². The van der Waals surface area contributed by atoms with Gasteiger partial charge in [-0.05, 0) is 12.3 Å². The first-order valence-corrected chi connectivity index (χ1v) is 4.07. The van der Waals surface area contributed by atoms with Crippen molar-refractivity contribution in [3.05, 3.63) is 0 Å². The molecule has 0 bridgehead atoms. The lowest BCUT2D eigenvalue weighted by atomic mass is 10.1. The molecular weight excluding hydrogens is 112 g/mol. The summed E-state index contributed by atoms with van der Waals surface area (Å²) in [6.07, 6.45) is 7.90. The van der Waals surface area contributed by atoms with Gasteiger partial charge in [0.2, 0.25) is 0 Å². The Bertz CT molecular complexity index is 80.7. The number of rotatable bonds is 4. The SMILES string of the molecule is C(CC1CC1)CC1CO1. The fourth-order valence-corrected chi connectivity index (χ4v) is 1.28. The molecule has 1 heterocycles. The third-order valence-electron chi connectivity index (χ3n) is 2.24. The quantitative estimate of drug-likeness (QED) is 0.524. The van der Waals surface area contributed by atoms with Crippen molar-refractivity contribution in [2.75, 3.05) is 6.61 Å². The molecule has 9 heavy (non-hydrogen) atoms. The summed E-state index contributed by atoms with van der Waals surface area (Å²) >= 11 is 0. The van der Waals surface area contributed by atoms with Gasteiger partial charge in [0.1, 0.15) is 0 Å². The Hall–Kier alpha value is -0.0400. The molecule has 0 spiro atoms. The zero-order valence-corrected chi connectivity index (χ0v) is 5.81. The average molecular weight is 126 g/mol. The highest BCUT2D eigenvalue weighted by Crippen LogP contribution is 2.34. The summed E-state index contributed by atoms with van der Waals surface area (Å²) < 4.78 is 5.11. The van der Waals surface area contributed by atoms with Crippen LogP contribution in [-0.4, -0.2) is 12.7 Å². The third kappa shape index (κ3) is 1.98. The summed E-state index contributed by atoms with van der Waals surface area (Å²) in [4.78, 5) is 0. The maximum absolute atomic E-state index is 5.11. The van der Waals surface area contributed by atoms with Crippen LogP contribution < -0.4 is 0 Å². The van der Waals surface area contributed by atoms with Gasteiger partial charge in [-0.2, -0.15) is 0 Å². The molecule has 1 aliphatic carbocycles. The summed E-state index contributed by atoms with van der Waals surface area (Å²) in [5.41, 5.74) is 0. The van der Waals surface area contributed by atoms with Crippen molar-refractivity contribution in [3.63, 3.8) is 0 Å². The standard InChI is InChI=1S/C8H14O/c1(2-7-4-5-7)3-8-6-9-8/h7-8H,1-6H2. The first kappa shape index (κ1) is 5.72. The van der Waals surface area contributed by atoms with E-state index in [1.165, 1.54) is 32.1 Å². The van der Waals surface area contributed by atoms with E-state index in [0.29, 0.717) is 6.10 Å². The Balaban J connectivity index is 1.46. The van der Waals surface area contributed by atoms with Crippen LogP contribution in [0.4, 0.5) is 0 Å². The number of epoxide rings is 1. The van der Waals surface area contributed by atoms with Gasteiger partial charge in [0.05, 0.1) is 12.7 Å². The number of hydrogen-bond donors (Lipinski definition) is 0. The number of ether oxygens (including phenoxy) is 1. The molecule has 0 radical (unpaired) electrons. The van der Waals surface area contributed by atoms with Crippen molar-refractivity contribution in [2.45, 2.75) is 38.2 Å². The maximum atomic E-state index is 5.11. The molecule has 1 heteroatoms. The van der Waals surface area contributed by atoms with Crippen LogP contribution >= 0.6 is 0 Å². The molecule has 1 saturated heterocycles. The van der Waals surface area contributed by atoms with Gasteiger partial charge in [0.25, 0.3) is 0 Å². The Labute approximate surface area is 56.4 Å². The summed E-state index contributed by atoms with van der Waals surface area (Å²) in [5.74, 6) is 1.11. The molecule has 0 N–H and O–H groups in total. The molecule has 1 saturated carbocycles. The topological polar surface area (TPSA) is 12.5 Å². The summed E-state index contributed by atoms with van der Waals surface area (Å²) in [6.45, 7) is 1.05. The van der Waals surface area contributed by atoms with E-state index in [-0.39, 0.29) is 0 Å². The van der Waals surface area contributed by atoms with Gasteiger partial charge >= 0.3 is 0 Å². The molecule has 0 aromatic heterocycles. The monoisotopic (exact) mass is 126 g/mol. The molecule has 2 aliphatic rings. The van der Waals surface area contributed by atoms with Crippen molar-refractivity contribution in [3.8, 4) is 0 Å². The lowest BCUT2D eigenvalue weighted by Gasteiger charge is -1.92. The minimum Gasteiger partial charge on any atom is -0.373 e. The number of hydrogen-bond acceptors (Lipinski definition) is 1. The van der Waals surface area contributed by atoms with E-state index in [9.17, 15) is 0 Å². The lowest BCUT2D eigenvalue weighted by molar-refractivity contribution is 0.387. The Kier molecular flexibility index (Phi) is 1.46. The normalized spacial score (nSPS) is 32.7. The van der Waals surface area contributed by atoms with Crippen LogP contribution in [0.15, 0.2) is 0 Å². The van der Waals surface area contributed by atoms with Crippen molar-refractivity contribution in [1.29, 1.82) is 0 Å². The van der Waals surface area contributed by atoms with Gasteiger partial charge in [0, 0.05) is 0 Å². The zero-order chi connectivity index (χ0) is 6.10. The van der Waals surface area contributed by atoms with E-state index in [4.69, 9.17) is 4.74 Å². The van der Waals surface area contributed by atoms with Gasteiger partial charge in [0.15, 0.2) is 0 Å². The Morgan fingerprint density at radius 1 is 1.22 bits per heavy atom. The van der Waals surface area contributed by atoms with Crippen molar-refractivity contribution < 1.29 is 4.74 Å². The minimum absolute atomic E-state index is 0.670. The predicted octanol–water partition coefficient (Wildman–Crippen LogP) is 1.97. The zero-order valence-electron chi connectivity index (χ0n) is 5.81. The van der Waals surface area contributed by atoms with Gasteiger partial charge in [-0.25, -0.2) is 0 Å². The molecule has 52 valence electrons. The van der Waals surface area contributed by atoms with Crippen LogP contribution in [0.25, 0.3) is 0 Å². The molecule has 0 aromatic carbocycles. The van der Waals surface area contributed by atoms with Crippen molar-refractivity contribution in [1.82, 2.24) is 0 Å². The highest BCUT2D eigenvalue weighted by molar-refractivity contribution is 4.75. The van der Waals surface area contributed by atoms with Crippen molar-refractivity contribution >= 4 is 0 Å². The highest BCUT2D eigenvalue weighted by atomic mass is 16.6. The molecule has 0 aromatic rings. The second-order valence-corrected chi connectivity index (χ2v) is 3.33. The lowest BCUT2D eigenvalue weighted by Crippen LogP contribution is -1.85. The van der Waals surface area contributed by atoms with E-state index >= 15 is 0 Å². The van der Waals surface area contributed by atoms with E-state index in [2.05, 4.69) is 0 Å². The largest absolute Gasteiger partial charge is 0.373 e. The van der Waals surface area contributed by atoms with Gasteiger partial charge in [-0.15, -0.1) is 0 Å². The molecule has 2 rings (SSSR count). The molecule has 1 atom stereocenters. The molecular formula is C8H14O. The fraction of sp³-hybridized carbons (Fsp3) is 1.00. The van der Waals surface area contributed by atoms with Crippen LogP contribution in [0.5, 0.6) is 0 Å². The maximum Gasteiger partial charge on any atom is 0.0810 e. The summed E-state index contributed by atoms with van der Waals surface area (Å²) in [5, 5.41) is 0. The fourth-order valence-electron chi connectivity index (χ4n) is 1.28. The van der Waals surface area contributed by atoms with Crippen LogP contribution in [0, 0.1) is 5.92 Å². The molecule has 1 aliphatic heterocycles. The van der Waals surface area contributed by atoms with E-state index in [1.807, 2.05) is 0 Å². The average Bonchev–Trinajstić information content (AvgIpc) is 2.57. The van der Waals surface area contributed by atoms with Gasteiger partial charge in [-0.1, -0.05) is 25.7 Å². The van der Waals surface area contributed by atoms with Gasteiger partial charge in [-0.3, -0.25) is 0 Å². The Morgan fingerprint density at radius 2 is 2.00 bits per heavy atom. The summed E-state index contributed by atoms with van der Waals surface area (Å²) in [7, 11) is 0. The minimum atomic E-state index is 0.670. The first-order chi connectivity index (χ1) is 4.45. The van der Waals surface area contributed by atoms with Crippen LogP contribution in [0.1, 0.15) is 32.1 Å². The second-order valence-electron chi connectivity index (χ2n) is 3.33. The van der Waals surface area contributed by atoms with Crippen LogP contribution in [-0.2, 0) is 4.74 Å². The van der Waals surface area contributed by atoms with Crippen molar-refractivity contribution in [2.24, 2.45) is 5.92 Å². The third-order valence-corrected chi connectivity index (χ3v) is 2.24. The molecule has 0 amide bonds. The van der Waals surface area contributed by atoms with E-state index in [0.717, 1.165) is 12.5 Å². The molecule has 2 fully saturated rings. The van der Waals surface area contributed by atoms with E-state index in [1.54, 1.807) is 0 Å². The summed E-state index contributed by atoms with van der Waals surface area (Å²) in [6, 6.07) is 0. The highest BCUT2D eigenvalue weighted by Gasteiger charge is 2.24. The van der Waals surface area contributed by atoms with Crippen LogP contribution in [0.3, 0.4) is 0 Å². The molecule has 1 nitrogen and oxygen atoms in total. The smallest absolute Gasteiger partial charge is 0.0810 e.